The van der Waals surface area contributed by atoms with Crippen LogP contribution in [0.5, 0.6) is 0 Å². The SMILES string of the molecule is CCN1C(=O)C(NC(=O)c2cccc(C(F)(F)F)c2)C(C2CC2)c2c(CO)nn(C3CC3)c21. The second-order valence-electron chi connectivity index (χ2n) is 8.99. The number of hydrogen-bond donors (Lipinski definition) is 2. The largest absolute Gasteiger partial charge is 0.416 e. The lowest BCUT2D eigenvalue weighted by molar-refractivity contribution is -0.137. The molecule has 2 saturated carbocycles. The van der Waals surface area contributed by atoms with Gasteiger partial charge in [-0.05, 0) is 56.7 Å². The molecule has 2 unspecified atom stereocenters. The lowest BCUT2D eigenvalue weighted by atomic mass is 9.82. The van der Waals surface area contributed by atoms with Gasteiger partial charge in [0, 0.05) is 23.6 Å². The van der Waals surface area contributed by atoms with Crippen LogP contribution >= 0.6 is 0 Å². The van der Waals surface area contributed by atoms with Crippen LogP contribution in [0, 0.1) is 5.92 Å². The topological polar surface area (TPSA) is 87.5 Å². The van der Waals surface area contributed by atoms with Crippen molar-refractivity contribution < 1.29 is 27.9 Å². The van der Waals surface area contributed by atoms with Gasteiger partial charge < -0.3 is 10.4 Å². The predicted octanol–water partition coefficient (Wildman–Crippen LogP) is 3.39. The molecule has 2 amide bonds. The van der Waals surface area contributed by atoms with E-state index < -0.39 is 23.7 Å². The molecule has 2 N–H and O–H groups in total. The summed E-state index contributed by atoms with van der Waals surface area (Å²) in [5, 5.41) is 17.4. The van der Waals surface area contributed by atoms with E-state index in [1.165, 1.54) is 12.1 Å². The highest BCUT2D eigenvalue weighted by Crippen LogP contribution is 2.53. The second-order valence-corrected chi connectivity index (χ2v) is 8.99. The van der Waals surface area contributed by atoms with Crippen LogP contribution < -0.4 is 10.2 Å². The molecule has 2 heterocycles. The van der Waals surface area contributed by atoms with Crippen LogP contribution in [0.3, 0.4) is 0 Å². The van der Waals surface area contributed by atoms with Gasteiger partial charge in [-0.3, -0.25) is 14.5 Å². The minimum Gasteiger partial charge on any atom is -0.390 e. The minimum atomic E-state index is -4.57. The minimum absolute atomic E-state index is 0.140. The number of aliphatic hydroxyl groups excluding tert-OH is 1. The Morgan fingerprint density at radius 3 is 2.55 bits per heavy atom. The number of hydrogen-bond acceptors (Lipinski definition) is 4. The summed E-state index contributed by atoms with van der Waals surface area (Å²) < 4.78 is 41.2. The van der Waals surface area contributed by atoms with Crippen molar-refractivity contribution in [1.82, 2.24) is 15.1 Å². The van der Waals surface area contributed by atoms with Gasteiger partial charge in [0.1, 0.15) is 11.9 Å². The van der Waals surface area contributed by atoms with Crippen molar-refractivity contribution in [3.05, 3.63) is 46.6 Å². The molecular formula is C23H25F3N4O3. The number of aliphatic hydroxyl groups is 1. The number of carbonyl (C=O) groups excluding carboxylic acids is 2. The number of nitrogens with one attached hydrogen (secondary N) is 1. The molecule has 0 bridgehead atoms. The monoisotopic (exact) mass is 462 g/mol. The zero-order valence-corrected chi connectivity index (χ0v) is 18.1. The summed E-state index contributed by atoms with van der Waals surface area (Å²) in [7, 11) is 0. The molecule has 10 heteroatoms. The van der Waals surface area contributed by atoms with Crippen molar-refractivity contribution in [3.63, 3.8) is 0 Å². The molecular weight excluding hydrogens is 437 g/mol. The third kappa shape index (κ3) is 3.80. The number of anilines is 1. The molecule has 0 radical (unpaired) electrons. The summed E-state index contributed by atoms with van der Waals surface area (Å²) in [6.45, 7) is 1.89. The second kappa shape index (κ2) is 7.86. The summed E-state index contributed by atoms with van der Waals surface area (Å²) in [5.74, 6) is -0.575. The maximum absolute atomic E-state index is 13.6. The van der Waals surface area contributed by atoms with E-state index in [0.717, 1.165) is 43.4 Å². The highest BCUT2D eigenvalue weighted by atomic mass is 19.4. The molecule has 33 heavy (non-hydrogen) atoms. The first kappa shape index (κ1) is 21.9. The maximum atomic E-state index is 13.6. The quantitative estimate of drug-likeness (QED) is 0.689. The number of fused-ring (bicyclic) bond motifs is 1. The van der Waals surface area contributed by atoms with Crippen molar-refractivity contribution in [3.8, 4) is 0 Å². The summed E-state index contributed by atoms with van der Waals surface area (Å²) in [4.78, 5) is 28.1. The average molecular weight is 462 g/mol. The molecule has 0 spiro atoms. The molecule has 7 nitrogen and oxygen atoms in total. The summed E-state index contributed by atoms with van der Waals surface area (Å²) in [5.41, 5.74) is 0.201. The Labute approximate surface area is 188 Å². The van der Waals surface area contributed by atoms with Gasteiger partial charge in [-0.2, -0.15) is 18.3 Å². The van der Waals surface area contributed by atoms with E-state index in [9.17, 15) is 27.9 Å². The Kier molecular flexibility index (Phi) is 5.23. The van der Waals surface area contributed by atoms with Crippen LogP contribution in [-0.4, -0.2) is 39.3 Å². The van der Waals surface area contributed by atoms with Gasteiger partial charge in [0.2, 0.25) is 0 Å². The average Bonchev–Trinajstić information content (AvgIpc) is 3.71. The van der Waals surface area contributed by atoms with E-state index >= 15 is 0 Å². The molecule has 2 fully saturated rings. The molecule has 2 aromatic rings. The van der Waals surface area contributed by atoms with Crippen molar-refractivity contribution in [2.24, 2.45) is 5.92 Å². The van der Waals surface area contributed by atoms with Gasteiger partial charge in [0.05, 0.1) is 23.9 Å². The van der Waals surface area contributed by atoms with Gasteiger partial charge in [-0.25, -0.2) is 4.68 Å². The zero-order chi connectivity index (χ0) is 23.5. The lowest BCUT2D eigenvalue weighted by Gasteiger charge is -2.38. The van der Waals surface area contributed by atoms with Gasteiger partial charge >= 0.3 is 6.18 Å². The molecule has 5 rings (SSSR count). The number of rotatable bonds is 6. The Balaban J connectivity index is 1.53. The van der Waals surface area contributed by atoms with E-state index in [0.29, 0.717) is 18.1 Å². The lowest BCUT2D eigenvalue weighted by Crippen LogP contribution is -2.55. The molecule has 176 valence electrons. The predicted molar refractivity (Wildman–Crippen MR) is 113 cm³/mol. The molecule has 2 atom stereocenters. The van der Waals surface area contributed by atoms with Gasteiger partial charge in [-0.1, -0.05) is 6.07 Å². The first-order valence-electron chi connectivity index (χ1n) is 11.3. The Morgan fingerprint density at radius 1 is 1.24 bits per heavy atom. The third-order valence-electron chi connectivity index (χ3n) is 6.70. The molecule has 1 aromatic heterocycles. The number of likely N-dealkylation sites (N-methyl/N-ethyl adjacent to an activating group) is 1. The van der Waals surface area contributed by atoms with Gasteiger partial charge in [-0.15, -0.1) is 0 Å². The molecule has 1 aliphatic heterocycles. The maximum Gasteiger partial charge on any atom is 0.416 e. The molecule has 2 aliphatic carbocycles. The Morgan fingerprint density at radius 2 is 1.97 bits per heavy atom. The van der Waals surface area contributed by atoms with Crippen molar-refractivity contribution in [1.29, 1.82) is 0 Å². The zero-order valence-electron chi connectivity index (χ0n) is 18.1. The van der Waals surface area contributed by atoms with E-state index in [-0.39, 0.29) is 36.0 Å². The van der Waals surface area contributed by atoms with Gasteiger partial charge in [0.25, 0.3) is 11.8 Å². The van der Waals surface area contributed by atoms with E-state index in [2.05, 4.69) is 10.4 Å². The number of benzene rings is 1. The number of aromatic nitrogens is 2. The molecule has 0 saturated heterocycles. The standard InChI is InChI=1S/C23H25F3N4O3/c1-2-29-21-18(16(11-31)28-30(21)15-8-9-15)17(12-6-7-12)19(22(29)33)27-20(32)13-4-3-5-14(10-13)23(24,25)26/h3-5,10,12,15,17,19,31H,2,6-9,11H2,1H3,(H,27,32). The fourth-order valence-electron chi connectivity index (χ4n) is 4.86. The summed E-state index contributed by atoms with van der Waals surface area (Å²) in [6, 6.07) is 3.43. The first-order valence-corrected chi connectivity index (χ1v) is 11.3. The smallest absolute Gasteiger partial charge is 0.390 e. The third-order valence-corrected chi connectivity index (χ3v) is 6.70. The summed E-state index contributed by atoms with van der Waals surface area (Å²) in [6.07, 6.45) is -0.921. The van der Waals surface area contributed by atoms with Crippen LogP contribution in [-0.2, 0) is 17.6 Å². The number of amides is 2. The number of nitrogens with zero attached hydrogens (tertiary/aromatic N) is 3. The van der Waals surface area contributed by atoms with Crippen LogP contribution in [0.25, 0.3) is 0 Å². The van der Waals surface area contributed by atoms with Crippen molar-refractivity contribution in [2.45, 2.75) is 63.4 Å². The van der Waals surface area contributed by atoms with E-state index in [4.69, 9.17) is 0 Å². The molecule has 3 aliphatic rings. The van der Waals surface area contributed by atoms with Crippen molar-refractivity contribution >= 4 is 17.6 Å². The van der Waals surface area contributed by atoms with Crippen LogP contribution in [0.15, 0.2) is 24.3 Å². The van der Waals surface area contributed by atoms with E-state index in [1.807, 2.05) is 11.6 Å². The van der Waals surface area contributed by atoms with E-state index in [1.54, 1.807) is 4.90 Å². The highest BCUT2D eigenvalue weighted by Gasteiger charge is 2.51. The first-order chi connectivity index (χ1) is 15.7. The highest BCUT2D eigenvalue weighted by molar-refractivity contribution is 6.05. The van der Waals surface area contributed by atoms with Crippen molar-refractivity contribution in [2.75, 3.05) is 11.4 Å². The Hall–Kier alpha value is -2.88. The normalized spacial score (nSPS) is 22.9. The fraction of sp³-hybridized carbons (Fsp3) is 0.522. The summed E-state index contributed by atoms with van der Waals surface area (Å²) >= 11 is 0. The van der Waals surface area contributed by atoms with Crippen LogP contribution in [0.2, 0.25) is 0 Å². The van der Waals surface area contributed by atoms with Crippen LogP contribution in [0.4, 0.5) is 19.0 Å². The van der Waals surface area contributed by atoms with Gasteiger partial charge in [0.15, 0.2) is 0 Å². The number of carbonyl (C=O) groups is 2. The number of halogens is 3. The molecule has 1 aromatic carbocycles. The Bertz CT molecular complexity index is 1100. The number of alkyl halides is 3. The van der Waals surface area contributed by atoms with Crippen LogP contribution in [0.1, 0.15) is 71.7 Å². The fourth-order valence-corrected chi connectivity index (χ4v) is 4.86.